The quantitative estimate of drug-likeness (QED) is 0.326. The second-order valence-electron chi connectivity index (χ2n) is 8.72. The van der Waals surface area contributed by atoms with Gasteiger partial charge < -0.3 is 23.7 Å². The number of rotatable bonds is 11. The Bertz CT molecular complexity index is 1180. The molecule has 220 valence electrons. The number of ether oxygens (including phenoxy) is 5. The minimum absolute atomic E-state index is 0. The maximum atomic E-state index is 12.4. The van der Waals surface area contributed by atoms with E-state index in [1.54, 1.807) is 14.2 Å². The van der Waals surface area contributed by atoms with Gasteiger partial charge in [0.15, 0.2) is 5.82 Å². The summed E-state index contributed by atoms with van der Waals surface area (Å²) in [6, 6.07) is 12.9. The van der Waals surface area contributed by atoms with Crippen LogP contribution in [-0.4, -0.2) is 72.7 Å². The molecule has 0 unspecified atom stereocenters. The van der Waals surface area contributed by atoms with E-state index < -0.39 is 18.8 Å². The Morgan fingerprint density at radius 2 is 1.65 bits per heavy atom. The molecule has 1 aliphatic heterocycles. The molecule has 0 bridgehead atoms. The van der Waals surface area contributed by atoms with Crippen LogP contribution < -0.4 is 10.2 Å². The van der Waals surface area contributed by atoms with Gasteiger partial charge in [0.2, 0.25) is 6.29 Å². The first-order valence-corrected chi connectivity index (χ1v) is 12.3. The predicted octanol–water partition coefficient (Wildman–Crippen LogP) is 4.46. The average molecular weight is 589 g/mol. The lowest BCUT2D eigenvalue weighted by Crippen LogP contribution is -2.60. The van der Waals surface area contributed by atoms with Gasteiger partial charge in [-0.05, 0) is 43.7 Å². The maximum absolute atomic E-state index is 12.4. The molecule has 40 heavy (non-hydrogen) atoms. The summed E-state index contributed by atoms with van der Waals surface area (Å²) in [7, 11) is 3.19. The van der Waals surface area contributed by atoms with Crippen LogP contribution in [0.1, 0.15) is 19.4 Å². The molecule has 10 nitrogen and oxygen atoms in total. The summed E-state index contributed by atoms with van der Waals surface area (Å²) in [5.41, 5.74) is 5.18. The van der Waals surface area contributed by atoms with Gasteiger partial charge in [-0.25, -0.2) is 9.67 Å². The van der Waals surface area contributed by atoms with E-state index in [0.29, 0.717) is 24.7 Å². The van der Waals surface area contributed by atoms with E-state index in [2.05, 4.69) is 20.3 Å². The molecule has 1 aromatic heterocycles. The van der Waals surface area contributed by atoms with Crippen molar-refractivity contribution in [3.8, 4) is 22.8 Å². The highest BCUT2D eigenvalue weighted by atomic mass is 35.5. The van der Waals surface area contributed by atoms with E-state index in [-0.39, 0.29) is 36.5 Å². The summed E-state index contributed by atoms with van der Waals surface area (Å²) in [6.45, 7) is 4.70. The number of hydroxylamine groups is 1. The van der Waals surface area contributed by atoms with Crippen LogP contribution in [0.4, 0.5) is 13.2 Å². The Morgan fingerprint density at radius 1 is 0.975 bits per heavy atom. The van der Waals surface area contributed by atoms with Crippen molar-refractivity contribution >= 4 is 12.4 Å². The van der Waals surface area contributed by atoms with Crippen LogP contribution in [-0.2, 0) is 30.3 Å². The van der Waals surface area contributed by atoms with Crippen LogP contribution in [0.15, 0.2) is 54.9 Å². The zero-order valence-electron chi connectivity index (χ0n) is 22.3. The summed E-state index contributed by atoms with van der Waals surface area (Å²) < 4.78 is 65.5. The number of hydrogen-bond donors (Lipinski definition) is 1. The van der Waals surface area contributed by atoms with Crippen molar-refractivity contribution in [2.24, 2.45) is 0 Å². The number of aromatic nitrogens is 3. The third-order valence-corrected chi connectivity index (χ3v) is 6.15. The van der Waals surface area contributed by atoms with Crippen molar-refractivity contribution in [2.75, 3.05) is 20.8 Å². The molecule has 0 amide bonds. The van der Waals surface area contributed by atoms with Gasteiger partial charge >= 0.3 is 6.36 Å². The number of nitrogens with one attached hydrogen (secondary N) is 1. The number of methoxy groups -OCH3 is 2. The molecule has 0 radical (unpaired) electrons. The molecule has 4 rings (SSSR count). The predicted molar refractivity (Wildman–Crippen MR) is 140 cm³/mol. The lowest BCUT2D eigenvalue weighted by atomic mass is 9.99. The van der Waals surface area contributed by atoms with Crippen molar-refractivity contribution in [2.45, 2.75) is 57.5 Å². The lowest BCUT2D eigenvalue weighted by Gasteiger charge is -2.43. The van der Waals surface area contributed by atoms with Crippen LogP contribution in [0, 0.1) is 0 Å². The first-order valence-electron chi connectivity index (χ1n) is 12.3. The second-order valence-corrected chi connectivity index (χ2v) is 8.72. The molecule has 5 atom stereocenters. The van der Waals surface area contributed by atoms with Crippen molar-refractivity contribution in [3.05, 3.63) is 60.4 Å². The molecule has 3 aromatic rings. The highest BCUT2D eigenvalue weighted by Gasteiger charge is 2.46. The Hall–Kier alpha value is -2.78. The van der Waals surface area contributed by atoms with E-state index in [1.165, 1.54) is 35.3 Å². The highest BCUT2D eigenvalue weighted by Crippen LogP contribution is 2.28. The third-order valence-electron chi connectivity index (χ3n) is 6.15. The largest absolute Gasteiger partial charge is 0.573 e. The average Bonchev–Trinajstić information content (AvgIpc) is 3.39. The monoisotopic (exact) mass is 588 g/mol. The van der Waals surface area contributed by atoms with E-state index in [4.69, 9.17) is 23.8 Å². The van der Waals surface area contributed by atoms with Crippen molar-refractivity contribution in [1.82, 2.24) is 20.2 Å². The third kappa shape index (κ3) is 7.91. The molecule has 1 N–H and O–H groups in total. The van der Waals surface area contributed by atoms with Crippen molar-refractivity contribution in [3.63, 3.8) is 0 Å². The lowest BCUT2D eigenvalue weighted by molar-refractivity contribution is -0.322. The summed E-state index contributed by atoms with van der Waals surface area (Å²) in [5.74, 6) is 0.152. The molecular weight excluding hydrogens is 557 g/mol. The SMILES string of the molecule is CCO[C@@H]1[C@@H](OC)[C@H](C)O[C@@H](ONCc2ccc(-c3ncn(-c4ccc(OC(F)(F)F)cc4)n3)cc2)[C@@H]1OC.Cl. The van der Waals surface area contributed by atoms with Crippen LogP contribution in [0.25, 0.3) is 17.1 Å². The molecule has 14 heteroatoms. The molecule has 0 saturated carbocycles. The van der Waals surface area contributed by atoms with Gasteiger partial charge in [-0.2, -0.15) is 5.48 Å². The smallest absolute Gasteiger partial charge is 0.406 e. The molecule has 1 aliphatic rings. The van der Waals surface area contributed by atoms with Crippen molar-refractivity contribution < 1.29 is 41.7 Å². The Morgan fingerprint density at radius 3 is 2.25 bits per heavy atom. The van der Waals surface area contributed by atoms with Gasteiger partial charge in [0.1, 0.15) is 30.4 Å². The van der Waals surface area contributed by atoms with Crippen LogP contribution in [0.3, 0.4) is 0 Å². The number of alkyl halides is 3. The molecule has 1 fully saturated rings. The standard InChI is InChI=1S/C26H31F3N4O6.ClH/c1-5-36-22-21(34-3)16(2)37-25(23(22)35-4)39-31-14-17-6-8-18(9-7-17)24-30-15-33(32-24)19-10-12-20(13-11-19)38-26(27,28)29;/h6-13,15-16,21-23,25,31H,5,14H2,1-4H3;1H/t16-,21-,22+,23+,25-;/m0./s1. The normalized spacial score (nSPS) is 23.0. The van der Waals surface area contributed by atoms with E-state index in [0.717, 1.165) is 11.1 Å². The summed E-state index contributed by atoms with van der Waals surface area (Å²) in [6.07, 6.45) is -5.35. The fourth-order valence-corrected chi connectivity index (χ4v) is 4.32. The number of nitrogens with zero attached hydrogens (tertiary/aromatic N) is 3. The van der Waals surface area contributed by atoms with Gasteiger partial charge in [-0.15, -0.1) is 30.7 Å². The van der Waals surface area contributed by atoms with E-state index >= 15 is 0 Å². The van der Waals surface area contributed by atoms with Gasteiger partial charge in [0.05, 0.1) is 11.8 Å². The van der Waals surface area contributed by atoms with Gasteiger partial charge in [-0.3, -0.25) is 4.84 Å². The molecule has 2 heterocycles. The number of hydrogen-bond acceptors (Lipinski definition) is 9. The first-order chi connectivity index (χ1) is 18.7. The maximum Gasteiger partial charge on any atom is 0.573 e. The molecule has 0 aliphatic carbocycles. The van der Waals surface area contributed by atoms with Crippen LogP contribution >= 0.6 is 12.4 Å². The summed E-state index contributed by atoms with van der Waals surface area (Å²) >= 11 is 0. The zero-order valence-corrected chi connectivity index (χ0v) is 23.1. The highest BCUT2D eigenvalue weighted by molar-refractivity contribution is 5.85. The zero-order chi connectivity index (χ0) is 28.0. The Kier molecular flexibility index (Phi) is 11.3. The molecular formula is C26H32ClF3N4O6. The summed E-state index contributed by atoms with van der Waals surface area (Å²) in [4.78, 5) is 10.1. The number of benzene rings is 2. The van der Waals surface area contributed by atoms with Gasteiger partial charge in [-0.1, -0.05) is 24.3 Å². The molecule has 1 saturated heterocycles. The van der Waals surface area contributed by atoms with E-state index in [9.17, 15) is 13.2 Å². The van der Waals surface area contributed by atoms with Crippen LogP contribution in [0.2, 0.25) is 0 Å². The van der Waals surface area contributed by atoms with Gasteiger partial charge in [0, 0.05) is 32.9 Å². The summed E-state index contributed by atoms with van der Waals surface area (Å²) in [5, 5.41) is 4.42. The topological polar surface area (TPSA) is 98.1 Å². The van der Waals surface area contributed by atoms with E-state index in [1.807, 2.05) is 38.1 Å². The fraction of sp³-hybridized carbons (Fsp3) is 0.462. The first kappa shape index (κ1) is 31.7. The van der Waals surface area contributed by atoms with Crippen LogP contribution in [0.5, 0.6) is 5.75 Å². The molecule has 2 aromatic carbocycles. The fourth-order valence-electron chi connectivity index (χ4n) is 4.32. The van der Waals surface area contributed by atoms with Gasteiger partial charge in [0.25, 0.3) is 0 Å². The minimum atomic E-state index is -4.75. The Labute approximate surface area is 236 Å². The number of halogens is 4. The molecule has 0 spiro atoms. The minimum Gasteiger partial charge on any atom is -0.406 e. The second kappa shape index (κ2) is 14.2. The van der Waals surface area contributed by atoms with Crippen molar-refractivity contribution in [1.29, 1.82) is 0 Å². The Balaban J connectivity index is 0.00000441.